The molecule has 3 heterocycles. The lowest BCUT2D eigenvalue weighted by Gasteiger charge is -2.31. The van der Waals surface area contributed by atoms with Crippen LogP contribution in [0.25, 0.3) is 0 Å². The molecule has 1 saturated heterocycles. The predicted molar refractivity (Wildman–Crippen MR) is 98.4 cm³/mol. The number of carbonyl (C=O) groups excluding carboxylic acids is 3. The summed E-state index contributed by atoms with van der Waals surface area (Å²) in [7, 11) is 0. The van der Waals surface area contributed by atoms with E-state index in [2.05, 4.69) is 10.5 Å². The summed E-state index contributed by atoms with van der Waals surface area (Å²) in [6, 6.07) is 5.21. The van der Waals surface area contributed by atoms with E-state index in [9.17, 15) is 14.4 Å². The highest BCUT2D eigenvalue weighted by atomic mass is 32.1. The fraction of sp³-hybridized carbons (Fsp3) is 0.444. The molecule has 1 atom stereocenters. The predicted octanol–water partition coefficient (Wildman–Crippen LogP) is 2.47. The summed E-state index contributed by atoms with van der Waals surface area (Å²) < 4.78 is 10.2. The maximum atomic E-state index is 12.3. The topological polar surface area (TPSA) is 102 Å². The molecular formula is C18H21N3O5S. The van der Waals surface area contributed by atoms with Crippen molar-refractivity contribution >= 4 is 34.9 Å². The minimum absolute atomic E-state index is 0.00697. The number of piperidine rings is 1. The van der Waals surface area contributed by atoms with Crippen molar-refractivity contribution in [1.29, 1.82) is 0 Å². The highest BCUT2D eigenvalue weighted by Crippen LogP contribution is 2.22. The number of hydrogen-bond acceptors (Lipinski definition) is 7. The van der Waals surface area contributed by atoms with Gasteiger partial charge in [0.1, 0.15) is 5.76 Å². The molecule has 2 aromatic heterocycles. The molecular weight excluding hydrogens is 370 g/mol. The van der Waals surface area contributed by atoms with Crippen molar-refractivity contribution < 1.29 is 23.6 Å². The van der Waals surface area contributed by atoms with Gasteiger partial charge in [0.25, 0.3) is 11.8 Å². The van der Waals surface area contributed by atoms with Crippen LogP contribution >= 0.6 is 11.3 Å². The first-order valence-electron chi connectivity index (χ1n) is 8.71. The van der Waals surface area contributed by atoms with Crippen LogP contribution in [0.3, 0.4) is 0 Å². The van der Waals surface area contributed by atoms with E-state index in [4.69, 9.17) is 9.26 Å². The van der Waals surface area contributed by atoms with E-state index in [1.807, 2.05) is 11.4 Å². The second kappa shape index (κ2) is 8.34. The highest BCUT2D eigenvalue weighted by Gasteiger charge is 2.31. The van der Waals surface area contributed by atoms with Gasteiger partial charge in [0.15, 0.2) is 11.9 Å². The van der Waals surface area contributed by atoms with Crippen molar-refractivity contribution in [3.05, 3.63) is 34.2 Å². The maximum absolute atomic E-state index is 12.3. The molecule has 0 spiro atoms. The van der Waals surface area contributed by atoms with Gasteiger partial charge in [-0.05, 0) is 38.1 Å². The number of aromatic nitrogens is 1. The number of thiophene rings is 1. The molecule has 144 valence electrons. The largest absolute Gasteiger partial charge is 0.452 e. The van der Waals surface area contributed by atoms with Crippen molar-refractivity contribution in [3.63, 3.8) is 0 Å². The molecule has 0 aromatic carbocycles. The first-order valence-corrected chi connectivity index (χ1v) is 9.59. The number of anilines is 1. The average Bonchev–Trinajstić information content (AvgIpc) is 3.33. The van der Waals surface area contributed by atoms with Gasteiger partial charge in [-0.25, -0.2) is 0 Å². The number of carbonyl (C=O) groups is 3. The smallest absolute Gasteiger partial charge is 0.309 e. The standard InChI is InChI=1S/C18H21N3O5S/c1-11-10-15(20-26-11)19-16(22)12(2)25-18(24)13-5-7-21(8-6-13)17(23)14-4-3-9-27-14/h3-4,9-10,12-13H,5-8H2,1-2H3,(H,19,20,22). The normalized spacial score (nSPS) is 16.0. The van der Waals surface area contributed by atoms with Crippen LogP contribution in [0.4, 0.5) is 5.82 Å². The van der Waals surface area contributed by atoms with Crippen LogP contribution in [-0.2, 0) is 14.3 Å². The van der Waals surface area contributed by atoms with E-state index >= 15 is 0 Å². The first kappa shape index (κ1) is 19.1. The molecule has 1 aliphatic rings. The zero-order chi connectivity index (χ0) is 19.4. The lowest BCUT2D eigenvalue weighted by molar-refractivity contribution is -0.158. The third-order valence-electron chi connectivity index (χ3n) is 4.39. The number of esters is 1. The Balaban J connectivity index is 1.46. The zero-order valence-corrected chi connectivity index (χ0v) is 16.0. The third-order valence-corrected chi connectivity index (χ3v) is 5.25. The number of amides is 2. The van der Waals surface area contributed by atoms with Gasteiger partial charge >= 0.3 is 5.97 Å². The number of ether oxygens (including phenoxy) is 1. The quantitative estimate of drug-likeness (QED) is 0.786. The molecule has 2 aromatic rings. The van der Waals surface area contributed by atoms with Crippen molar-refractivity contribution in [2.45, 2.75) is 32.8 Å². The Kier molecular flexibility index (Phi) is 5.90. The summed E-state index contributed by atoms with van der Waals surface area (Å²) in [5.41, 5.74) is 0. The Hall–Kier alpha value is -2.68. The Bertz CT molecular complexity index is 809. The Morgan fingerprint density at radius 2 is 2.11 bits per heavy atom. The molecule has 1 N–H and O–H groups in total. The summed E-state index contributed by atoms with van der Waals surface area (Å²) in [4.78, 5) is 39.2. The summed E-state index contributed by atoms with van der Waals surface area (Å²) in [6.45, 7) is 4.21. The molecule has 0 saturated carbocycles. The lowest BCUT2D eigenvalue weighted by Crippen LogP contribution is -2.41. The van der Waals surface area contributed by atoms with Crippen LogP contribution in [0, 0.1) is 12.8 Å². The molecule has 0 radical (unpaired) electrons. The van der Waals surface area contributed by atoms with Crippen LogP contribution in [0.15, 0.2) is 28.1 Å². The molecule has 27 heavy (non-hydrogen) atoms. The molecule has 0 aliphatic carbocycles. The fourth-order valence-electron chi connectivity index (χ4n) is 2.85. The number of likely N-dealkylation sites (tertiary alicyclic amines) is 1. The van der Waals surface area contributed by atoms with E-state index in [1.54, 1.807) is 24.0 Å². The van der Waals surface area contributed by atoms with E-state index in [0.717, 1.165) is 0 Å². The molecule has 1 fully saturated rings. The van der Waals surface area contributed by atoms with Gasteiger partial charge in [0.2, 0.25) is 0 Å². The van der Waals surface area contributed by atoms with Crippen LogP contribution in [0.2, 0.25) is 0 Å². The number of aryl methyl sites for hydroxylation is 1. The Morgan fingerprint density at radius 1 is 1.37 bits per heavy atom. The van der Waals surface area contributed by atoms with Crippen LogP contribution < -0.4 is 5.32 Å². The fourth-order valence-corrected chi connectivity index (χ4v) is 3.54. The number of hydrogen-bond donors (Lipinski definition) is 1. The molecule has 8 nitrogen and oxygen atoms in total. The summed E-state index contributed by atoms with van der Waals surface area (Å²) in [6.07, 6.45) is 0.0970. The van der Waals surface area contributed by atoms with E-state index in [1.165, 1.54) is 18.3 Å². The minimum atomic E-state index is -0.944. The Morgan fingerprint density at radius 3 is 2.70 bits per heavy atom. The van der Waals surface area contributed by atoms with Gasteiger partial charge in [-0.1, -0.05) is 11.2 Å². The van der Waals surface area contributed by atoms with Gasteiger partial charge in [-0.3, -0.25) is 14.4 Å². The number of rotatable bonds is 5. The number of nitrogens with zero attached hydrogens (tertiary/aromatic N) is 2. The molecule has 1 aliphatic heterocycles. The number of nitrogens with one attached hydrogen (secondary N) is 1. The third kappa shape index (κ3) is 4.73. The monoisotopic (exact) mass is 391 g/mol. The van der Waals surface area contributed by atoms with E-state index < -0.39 is 18.0 Å². The Labute approximate surface area is 160 Å². The summed E-state index contributed by atoms with van der Waals surface area (Å²) >= 11 is 1.41. The van der Waals surface area contributed by atoms with Gasteiger partial charge in [0.05, 0.1) is 10.8 Å². The molecule has 9 heteroatoms. The molecule has 1 unspecified atom stereocenters. The first-order chi connectivity index (χ1) is 12.9. The van der Waals surface area contributed by atoms with E-state index in [0.29, 0.717) is 36.6 Å². The molecule has 3 rings (SSSR count). The van der Waals surface area contributed by atoms with Crippen LogP contribution in [0.5, 0.6) is 0 Å². The molecule has 2 amide bonds. The SMILES string of the molecule is Cc1cc(NC(=O)C(C)OC(=O)C2CCN(C(=O)c3cccs3)CC2)no1. The average molecular weight is 391 g/mol. The second-order valence-electron chi connectivity index (χ2n) is 6.43. The summed E-state index contributed by atoms with van der Waals surface area (Å²) in [5.74, 6) is -0.367. The van der Waals surface area contributed by atoms with Gasteiger partial charge in [0, 0.05) is 19.2 Å². The maximum Gasteiger partial charge on any atom is 0.309 e. The van der Waals surface area contributed by atoms with Crippen molar-refractivity contribution in [3.8, 4) is 0 Å². The van der Waals surface area contributed by atoms with Gasteiger partial charge in [-0.15, -0.1) is 11.3 Å². The molecule has 0 bridgehead atoms. The van der Waals surface area contributed by atoms with Gasteiger partial charge < -0.3 is 19.5 Å². The van der Waals surface area contributed by atoms with Gasteiger partial charge in [-0.2, -0.15) is 0 Å². The van der Waals surface area contributed by atoms with Crippen molar-refractivity contribution in [2.75, 3.05) is 18.4 Å². The minimum Gasteiger partial charge on any atom is -0.452 e. The van der Waals surface area contributed by atoms with Crippen molar-refractivity contribution in [1.82, 2.24) is 10.1 Å². The van der Waals surface area contributed by atoms with Crippen molar-refractivity contribution in [2.24, 2.45) is 5.92 Å². The zero-order valence-electron chi connectivity index (χ0n) is 15.1. The van der Waals surface area contributed by atoms with E-state index in [-0.39, 0.29) is 17.6 Å². The van der Waals surface area contributed by atoms with Crippen LogP contribution in [0.1, 0.15) is 35.2 Å². The lowest BCUT2D eigenvalue weighted by atomic mass is 9.97. The summed E-state index contributed by atoms with van der Waals surface area (Å²) in [5, 5.41) is 8.07. The highest BCUT2D eigenvalue weighted by molar-refractivity contribution is 7.12. The second-order valence-corrected chi connectivity index (χ2v) is 7.38. The van der Waals surface area contributed by atoms with Crippen LogP contribution in [-0.4, -0.2) is 47.0 Å².